The lowest BCUT2D eigenvalue weighted by Gasteiger charge is -2.34. The average Bonchev–Trinajstić information content (AvgIpc) is 3.60. The first-order chi connectivity index (χ1) is 18.8. The van der Waals surface area contributed by atoms with Gasteiger partial charge in [-0.3, -0.25) is 9.59 Å². The number of aromatic nitrogens is 3. The fourth-order valence-corrected chi connectivity index (χ4v) is 5.69. The molecule has 2 fully saturated rings. The van der Waals surface area contributed by atoms with E-state index in [4.69, 9.17) is 11.6 Å². The van der Waals surface area contributed by atoms with Gasteiger partial charge in [-0.05, 0) is 63.3 Å². The van der Waals surface area contributed by atoms with E-state index in [0.29, 0.717) is 42.2 Å². The molecule has 10 nitrogen and oxygen atoms in total. The summed E-state index contributed by atoms with van der Waals surface area (Å²) < 4.78 is 1.98. The van der Waals surface area contributed by atoms with Gasteiger partial charge in [0.25, 0.3) is 11.8 Å². The van der Waals surface area contributed by atoms with Gasteiger partial charge in [0.2, 0.25) is 0 Å². The molecule has 0 unspecified atom stereocenters. The molecule has 200 valence electrons. The van der Waals surface area contributed by atoms with Gasteiger partial charge < -0.3 is 24.7 Å². The third-order valence-corrected chi connectivity index (χ3v) is 7.63. The van der Waals surface area contributed by atoms with Gasteiger partial charge in [-0.25, -0.2) is 14.7 Å². The first-order valence-corrected chi connectivity index (χ1v) is 13.2. The molecule has 2 saturated heterocycles. The van der Waals surface area contributed by atoms with Crippen LogP contribution in [0, 0.1) is 0 Å². The van der Waals surface area contributed by atoms with Gasteiger partial charge in [-0.15, -0.1) is 0 Å². The van der Waals surface area contributed by atoms with Crippen LogP contribution in [-0.4, -0.2) is 74.9 Å². The van der Waals surface area contributed by atoms with Crippen LogP contribution in [0.1, 0.15) is 29.0 Å². The summed E-state index contributed by atoms with van der Waals surface area (Å²) in [4.78, 5) is 52.4. The molecule has 39 heavy (non-hydrogen) atoms. The predicted octanol–water partition coefficient (Wildman–Crippen LogP) is 3.80. The Balaban J connectivity index is 1.21. The van der Waals surface area contributed by atoms with Crippen LogP contribution in [0.5, 0.6) is 0 Å². The van der Waals surface area contributed by atoms with E-state index in [2.05, 4.69) is 15.3 Å². The van der Waals surface area contributed by atoms with E-state index in [9.17, 15) is 14.4 Å². The van der Waals surface area contributed by atoms with Crippen molar-refractivity contribution in [1.29, 1.82) is 0 Å². The second-order valence-electron chi connectivity index (χ2n) is 10.2. The van der Waals surface area contributed by atoms with Crippen LogP contribution in [0.3, 0.4) is 0 Å². The van der Waals surface area contributed by atoms with Gasteiger partial charge in [0, 0.05) is 47.3 Å². The van der Waals surface area contributed by atoms with E-state index in [1.165, 1.54) is 4.90 Å². The number of anilines is 1. The molecule has 0 spiro atoms. The quantitative estimate of drug-likeness (QED) is 0.358. The van der Waals surface area contributed by atoms with E-state index >= 15 is 0 Å². The summed E-state index contributed by atoms with van der Waals surface area (Å²) in [5.41, 5.74) is 2.59. The fraction of sp³-hybridized carbons (Fsp3) is 0.286. The number of imide groups is 1. The number of fused-ring (bicyclic) bond motifs is 2. The maximum absolute atomic E-state index is 13.6. The minimum Gasteiger partial charge on any atom is -0.360 e. The Bertz CT molecular complexity index is 1580. The monoisotopic (exact) mass is 545 g/mol. The largest absolute Gasteiger partial charge is 0.360 e. The molecule has 0 aliphatic carbocycles. The number of hydrogen-bond acceptors (Lipinski definition) is 5. The lowest BCUT2D eigenvalue weighted by Crippen LogP contribution is -2.55. The molecular formula is C28H28ClN7O3. The maximum Gasteiger partial charge on any atom is 0.332 e. The standard InChI is InChI=1S/C28H28ClN7O3/c1-33(2)16-24-30-11-13-34(24)18-6-8-19(9-7-18)36-27(38)25-22(4-3-12-35(25)28(36)39)32-26(37)17-5-10-20-21(29)15-31-23(20)14-17/h5-11,13-15,22,25,31H,3-4,12,16H2,1-2H3,(H,32,37)/t22-,25+/m1/s1. The molecule has 0 radical (unpaired) electrons. The van der Waals surface area contributed by atoms with E-state index < -0.39 is 12.1 Å². The second kappa shape index (κ2) is 9.87. The third-order valence-electron chi connectivity index (χ3n) is 7.31. The van der Waals surface area contributed by atoms with Crippen LogP contribution in [0.15, 0.2) is 61.1 Å². The van der Waals surface area contributed by atoms with Crippen molar-refractivity contribution in [2.24, 2.45) is 0 Å². The molecule has 2 N–H and O–H groups in total. The number of benzene rings is 2. The SMILES string of the molecule is CN(C)Cc1nccn1-c1ccc(N2C(=O)[C@@H]3[C@H](NC(=O)c4ccc5c(Cl)c[nH]c5c4)CCCN3C2=O)cc1. The highest BCUT2D eigenvalue weighted by molar-refractivity contribution is 6.35. The first-order valence-electron chi connectivity index (χ1n) is 12.8. The molecule has 2 aromatic heterocycles. The van der Waals surface area contributed by atoms with Gasteiger partial charge in [0.1, 0.15) is 11.9 Å². The van der Waals surface area contributed by atoms with Crippen molar-refractivity contribution >= 4 is 46.0 Å². The third kappa shape index (κ3) is 4.45. The zero-order chi connectivity index (χ0) is 27.3. The molecule has 2 aliphatic heterocycles. The number of imidazole rings is 1. The smallest absolute Gasteiger partial charge is 0.332 e. The van der Waals surface area contributed by atoms with E-state index in [1.54, 1.807) is 47.6 Å². The molecule has 4 heterocycles. The van der Waals surface area contributed by atoms with Crippen LogP contribution in [0.4, 0.5) is 10.5 Å². The number of halogens is 1. The lowest BCUT2D eigenvalue weighted by molar-refractivity contribution is -0.121. The summed E-state index contributed by atoms with van der Waals surface area (Å²) in [6.07, 6.45) is 6.60. The molecule has 2 aromatic carbocycles. The molecule has 2 aliphatic rings. The van der Waals surface area contributed by atoms with Crippen LogP contribution in [0.2, 0.25) is 5.02 Å². The van der Waals surface area contributed by atoms with Crippen molar-refractivity contribution < 1.29 is 14.4 Å². The van der Waals surface area contributed by atoms with E-state index in [-0.39, 0.29) is 17.8 Å². The van der Waals surface area contributed by atoms with Crippen molar-refractivity contribution in [3.8, 4) is 5.69 Å². The van der Waals surface area contributed by atoms with Gasteiger partial charge in [-0.1, -0.05) is 17.7 Å². The highest BCUT2D eigenvalue weighted by Gasteiger charge is 2.51. The van der Waals surface area contributed by atoms with Crippen molar-refractivity contribution in [2.45, 2.75) is 31.5 Å². The Morgan fingerprint density at radius 3 is 2.69 bits per heavy atom. The minimum absolute atomic E-state index is 0.300. The molecule has 6 rings (SSSR count). The molecular weight excluding hydrogens is 518 g/mol. The number of nitrogens with one attached hydrogen (secondary N) is 2. The number of carbonyl (C=O) groups is 3. The van der Waals surface area contributed by atoms with Crippen molar-refractivity contribution in [3.05, 3.63) is 77.5 Å². The summed E-state index contributed by atoms with van der Waals surface area (Å²) in [6, 6.07) is 10.9. The zero-order valence-electron chi connectivity index (χ0n) is 21.6. The number of piperidine rings is 1. The Kier molecular flexibility index (Phi) is 6.36. The number of hydrogen-bond donors (Lipinski definition) is 2. The molecule has 0 saturated carbocycles. The molecule has 4 aromatic rings. The Morgan fingerprint density at radius 1 is 1.15 bits per heavy atom. The Hall–Kier alpha value is -4.15. The summed E-state index contributed by atoms with van der Waals surface area (Å²) in [7, 11) is 3.96. The average molecular weight is 546 g/mol. The number of amides is 4. The number of urea groups is 1. The number of nitrogens with zero attached hydrogens (tertiary/aromatic N) is 5. The molecule has 0 bridgehead atoms. The van der Waals surface area contributed by atoms with E-state index in [0.717, 1.165) is 22.4 Å². The molecule has 4 amide bonds. The van der Waals surface area contributed by atoms with Gasteiger partial charge in [0.15, 0.2) is 0 Å². The van der Waals surface area contributed by atoms with Crippen molar-refractivity contribution in [2.75, 3.05) is 25.5 Å². The van der Waals surface area contributed by atoms with Gasteiger partial charge in [-0.2, -0.15) is 0 Å². The van der Waals surface area contributed by atoms with E-state index in [1.807, 2.05) is 41.9 Å². The van der Waals surface area contributed by atoms with Gasteiger partial charge in [0.05, 0.1) is 23.3 Å². The molecule has 11 heteroatoms. The summed E-state index contributed by atoms with van der Waals surface area (Å²) >= 11 is 6.16. The van der Waals surface area contributed by atoms with Crippen LogP contribution < -0.4 is 10.2 Å². The van der Waals surface area contributed by atoms with Crippen LogP contribution in [0.25, 0.3) is 16.6 Å². The lowest BCUT2D eigenvalue weighted by atomic mass is 9.96. The zero-order valence-corrected chi connectivity index (χ0v) is 22.4. The number of H-pyrrole nitrogens is 1. The van der Waals surface area contributed by atoms with Crippen molar-refractivity contribution in [1.82, 2.24) is 29.7 Å². The fourth-order valence-electron chi connectivity index (χ4n) is 5.47. The highest BCUT2D eigenvalue weighted by Crippen LogP contribution is 2.32. The summed E-state index contributed by atoms with van der Waals surface area (Å²) in [5.74, 6) is 0.252. The number of aromatic amines is 1. The second-order valence-corrected chi connectivity index (χ2v) is 10.6. The number of carbonyl (C=O) groups excluding carboxylic acids is 3. The van der Waals surface area contributed by atoms with Crippen LogP contribution >= 0.6 is 11.6 Å². The topological polar surface area (TPSA) is 107 Å². The summed E-state index contributed by atoms with van der Waals surface area (Å²) in [5, 5.41) is 4.43. The first kappa shape index (κ1) is 25.1. The number of rotatable bonds is 6. The Labute approximate surface area is 230 Å². The minimum atomic E-state index is -0.751. The highest BCUT2D eigenvalue weighted by atomic mass is 35.5. The Morgan fingerprint density at radius 2 is 1.92 bits per heavy atom. The molecule has 2 atom stereocenters. The summed E-state index contributed by atoms with van der Waals surface area (Å²) in [6.45, 7) is 1.14. The predicted molar refractivity (Wildman–Crippen MR) is 148 cm³/mol. The van der Waals surface area contributed by atoms with Crippen molar-refractivity contribution in [3.63, 3.8) is 0 Å². The van der Waals surface area contributed by atoms with Crippen LogP contribution in [-0.2, 0) is 11.3 Å². The normalized spacial score (nSPS) is 19.3. The maximum atomic E-state index is 13.6. The van der Waals surface area contributed by atoms with Gasteiger partial charge >= 0.3 is 6.03 Å².